The lowest BCUT2D eigenvalue weighted by Crippen LogP contribution is -1.93. The zero-order chi connectivity index (χ0) is 13.7. The van der Waals surface area contributed by atoms with E-state index < -0.39 is 6.43 Å². The summed E-state index contributed by atoms with van der Waals surface area (Å²) in [6.07, 6.45) is -1.96. The van der Waals surface area contributed by atoms with Crippen LogP contribution in [-0.2, 0) is 6.42 Å². The fourth-order valence-electron chi connectivity index (χ4n) is 1.75. The number of benzene rings is 2. The smallest absolute Gasteiger partial charge is 0.196 e. The van der Waals surface area contributed by atoms with E-state index in [4.69, 9.17) is 11.6 Å². The zero-order valence-electron chi connectivity index (χ0n) is 10.0. The molecule has 0 N–H and O–H groups in total. The summed E-state index contributed by atoms with van der Waals surface area (Å²) < 4.78 is 24.3. The van der Waals surface area contributed by atoms with Gasteiger partial charge in [0.25, 0.3) is 6.43 Å². The fraction of sp³-hybridized carbons (Fsp3) is 0.125. The number of halogens is 3. The average molecular weight is 277 g/mol. The van der Waals surface area contributed by atoms with Crippen molar-refractivity contribution in [3.63, 3.8) is 0 Å². The molecule has 0 nitrogen and oxygen atoms in total. The minimum Gasteiger partial charge on any atom is -0.196 e. The molecular weight excluding hydrogens is 266 g/mol. The maximum absolute atomic E-state index is 12.1. The molecule has 0 saturated carbocycles. The molecule has 0 aliphatic rings. The Morgan fingerprint density at radius 2 is 1.68 bits per heavy atom. The normalized spacial score (nSPS) is 10.1. The second kappa shape index (κ2) is 6.36. The molecule has 2 aromatic rings. The van der Waals surface area contributed by atoms with E-state index in [2.05, 4.69) is 5.92 Å². The molecule has 0 amide bonds. The molecule has 2 rings (SSSR count). The highest BCUT2D eigenvalue weighted by atomic mass is 35.5. The van der Waals surface area contributed by atoms with Crippen LogP contribution in [-0.4, -0.2) is 6.43 Å². The molecule has 0 atom stereocenters. The average Bonchev–Trinajstić information content (AvgIpc) is 2.40. The Hall–Kier alpha value is -1.85. The van der Waals surface area contributed by atoms with Crippen molar-refractivity contribution in [2.75, 3.05) is 0 Å². The summed E-state index contributed by atoms with van der Waals surface area (Å²) in [5.41, 5.74) is 2.63. The summed E-state index contributed by atoms with van der Waals surface area (Å²) in [5.74, 6) is 4.41. The molecule has 0 unspecified atom stereocenters. The van der Waals surface area contributed by atoms with E-state index in [0.29, 0.717) is 17.0 Å². The Labute approximate surface area is 116 Å². The van der Waals surface area contributed by atoms with Crippen LogP contribution in [0.2, 0.25) is 5.02 Å². The zero-order valence-corrected chi connectivity index (χ0v) is 10.8. The Bertz CT molecular complexity index is 607. The molecular formula is C16H11ClF2. The first-order valence-electron chi connectivity index (χ1n) is 5.77. The van der Waals surface area contributed by atoms with Gasteiger partial charge in [-0.05, 0) is 41.7 Å². The van der Waals surface area contributed by atoms with Crippen LogP contribution in [0.4, 0.5) is 8.78 Å². The molecule has 0 aromatic heterocycles. The highest BCUT2D eigenvalue weighted by molar-refractivity contribution is 6.30. The van der Waals surface area contributed by atoms with Crippen LogP contribution in [0.5, 0.6) is 0 Å². The molecule has 0 bridgehead atoms. The third-order valence-electron chi connectivity index (χ3n) is 2.64. The molecule has 0 fully saturated rings. The SMILES string of the molecule is FC(F)C#Cc1ccccc1Cc1ccc(Cl)cc1. The van der Waals surface area contributed by atoms with Gasteiger partial charge in [-0.2, -0.15) is 8.78 Å². The molecule has 2 aromatic carbocycles. The van der Waals surface area contributed by atoms with Crippen LogP contribution >= 0.6 is 11.6 Å². The summed E-state index contributed by atoms with van der Waals surface area (Å²) in [5, 5.41) is 0.675. The topological polar surface area (TPSA) is 0 Å². The molecule has 0 spiro atoms. The van der Waals surface area contributed by atoms with Crippen LogP contribution in [0.1, 0.15) is 16.7 Å². The van der Waals surface area contributed by atoms with Crippen molar-refractivity contribution in [2.45, 2.75) is 12.8 Å². The minimum absolute atomic E-state index is 0.637. The highest BCUT2D eigenvalue weighted by Gasteiger charge is 2.02. The Morgan fingerprint density at radius 3 is 2.37 bits per heavy atom. The minimum atomic E-state index is -2.61. The van der Waals surface area contributed by atoms with Crippen molar-refractivity contribution in [2.24, 2.45) is 0 Å². The molecule has 0 aliphatic carbocycles. The van der Waals surface area contributed by atoms with E-state index in [1.807, 2.05) is 42.3 Å². The first-order chi connectivity index (χ1) is 9.15. The lowest BCUT2D eigenvalue weighted by atomic mass is 10.00. The predicted octanol–water partition coefficient (Wildman–Crippen LogP) is 4.55. The van der Waals surface area contributed by atoms with E-state index >= 15 is 0 Å². The summed E-state index contributed by atoms with van der Waals surface area (Å²) in [6, 6.07) is 14.8. The van der Waals surface area contributed by atoms with Gasteiger partial charge < -0.3 is 0 Å². The first-order valence-corrected chi connectivity index (χ1v) is 6.15. The van der Waals surface area contributed by atoms with Gasteiger partial charge in [-0.25, -0.2) is 0 Å². The maximum atomic E-state index is 12.1. The first kappa shape index (κ1) is 13.6. The van der Waals surface area contributed by atoms with Crippen LogP contribution in [0, 0.1) is 11.8 Å². The number of hydrogen-bond acceptors (Lipinski definition) is 0. The highest BCUT2D eigenvalue weighted by Crippen LogP contribution is 2.16. The predicted molar refractivity (Wildman–Crippen MR) is 73.6 cm³/mol. The summed E-state index contributed by atoms with van der Waals surface area (Å²) in [7, 11) is 0. The standard InChI is InChI=1S/C16H11ClF2/c17-15-8-5-12(6-9-15)11-14-4-2-1-3-13(14)7-10-16(18)19/h1-6,8-9,16H,11H2. The van der Waals surface area contributed by atoms with E-state index in [1.54, 1.807) is 12.1 Å². The van der Waals surface area contributed by atoms with Gasteiger partial charge in [0.2, 0.25) is 0 Å². The van der Waals surface area contributed by atoms with Crippen molar-refractivity contribution in [3.05, 3.63) is 70.2 Å². The van der Waals surface area contributed by atoms with E-state index in [9.17, 15) is 8.78 Å². The largest absolute Gasteiger partial charge is 0.299 e. The van der Waals surface area contributed by atoms with Gasteiger partial charge in [-0.1, -0.05) is 47.9 Å². The molecule has 0 saturated heterocycles. The summed E-state index contributed by atoms with van der Waals surface area (Å²) >= 11 is 5.82. The van der Waals surface area contributed by atoms with Gasteiger partial charge in [0, 0.05) is 10.6 Å². The van der Waals surface area contributed by atoms with E-state index in [0.717, 1.165) is 11.1 Å². The summed E-state index contributed by atoms with van der Waals surface area (Å²) in [4.78, 5) is 0. The second-order valence-corrected chi connectivity index (χ2v) is 4.47. The van der Waals surface area contributed by atoms with Crippen LogP contribution < -0.4 is 0 Å². The Morgan fingerprint density at radius 1 is 1.00 bits per heavy atom. The monoisotopic (exact) mass is 276 g/mol. The van der Waals surface area contributed by atoms with Crippen LogP contribution in [0.3, 0.4) is 0 Å². The lowest BCUT2D eigenvalue weighted by Gasteiger charge is -2.05. The van der Waals surface area contributed by atoms with Crippen molar-refractivity contribution in [1.29, 1.82) is 0 Å². The van der Waals surface area contributed by atoms with Crippen LogP contribution in [0.25, 0.3) is 0 Å². The number of rotatable bonds is 2. The summed E-state index contributed by atoms with van der Waals surface area (Å²) in [6.45, 7) is 0. The fourth-order valence-corrected chi connectivity index (χ4v) is 1.88. The third-order valence-corrected chi connectivity index (χ3v) is 2.89. The quantitative estimate of drug-likeness (QED) is 0.706. The molecule has 19 heavy (non-hydrogen) atoms. The number of alkyl halides is 2. The van der Waals surface area contributed by atoms with Crippen molar-refractivity contribution in [1.82, 2.24) is 0 Å². The third kappa shape index (κ3) is 4.08. The van der Waals surface area contributed by atoms with Gasteiger partial charge in [0.1, 0.15) is 0 Å². The maximum Gasteiger partial charge on any atom is 0.299 e. The van der Waals surface area contributed by atoms with E-state index in [-0.39, 0.29) is 0 Å². The lowest BCUT2D eigenvalue weighted by molar-refractivity contribution is 0.215. The van der Waals surface area contributed by atoms with Crippen LogP contribution in [0.15, 0.2) is 48.5 Å². The molecule has 0 radical (unpaired) electrons. The van der Waals surface area contributed by atoms with E-state index in [1.165, 1.54) is 0 Å². The van der Waals surface area contributed by atoms with Gasteiger partial charge in [-0.3, -0.25) is 0 Å². The van der Waals surface area contributed by atoms with Crippen molar-refractivity contribution < 1.29 is 8.78 Å². The molecule has 96 valence electrons. The van der Waals surface area contributed by atoms with Crippen molar-refractivity contribution >= 4 is 11.6 Å². The van der Waals surface area contributed by atoms with Gasteiger partial charge in [0.05, 0.1) is 0 Å². The molecule has 3 heteroatoms. The van der Waals surface area contributed by atoms with Crippen molar-refractivity contribution in [3.8, 4) is 11.8 Å². The van der Waals surface area contributed by atoms with Gasteiger partial charge >= 0.3 is 0 Å². The number of hydrogen-bond donors (Lipinski definition) is 0. The Balaban J connectivity index is 2.26. The molecule has 0 heterocycles. The van der Waals surface area contributed by atoms with Gasteiger partial charge in [-0.15, -0.1) is 0 Å². The second-order valence-electron chi connectivity index (χ2n) is 4.03. The van der Waals surface area contributed by atoms with Gasteiger partial charge in [0.15, 0.2) is 0 Å². The Kier molecular flexibility index (Phi) is 4.54. The molecule has 0 aliphatic heterocycles.